The smallest absolute Gasteiger partial charge is 0.265 e. The van der Waals surface area contributed by atoms with Gasteiger partial charge in [0.05, 0.1) is 18.8 Å². The molecule has 0 radical (unpaired) electrons. The average Bonchev–Trinajstić information content (AvgIpc) is 2.32. The second-order valence-electron chi connectivity index (χ2n) is 3.93. The van der Waals surface area contributed by atoms with Crippen molar-refractivity contribution in [2.24, 2.45) is 0 Å². The summed E-state index contributed by atoms with van der Waals surface area (Å²) in [6.45, 7) is 1.32. The highest BCUT2D eigenvalue weighted by Gasteiger charge is 2.26. The fourth-order valence-corrected chi connectivity index (χ4v) is 1.74. The molecule has 17 heavy (non-hydrogen) atoms. The number of benzene rings is 1. The fraction of sp³-hybridized carbons (Fsp3) is 0.333. The van der Waals surface area contributed by atoms with Crippen molar-refractivity contribution in [1.29, 1.82) is 0 Å². The quantitative estimate of drug-likeness (QED) is 0.828. The van der Waals surface area contributed by atoms with Crippen LogP contribution in [0.3, 0.4) is 0 Å². The molecular formula is C12H13NO4. The Hall–Kier alpha value is -1.88. The normalized spacial score (nSPS) is 14.2. The van der Waals surface area contributed by atoms with Gasteiger partial charge in [-0.05, 0) is 24.6 Å². The third kappa shape index (κ3) is 2.29. The number of anilines is 1. The van der Waals surface area contributed by atoms with Crippen LogP contribution in [-0.4, -0.2) is 29.9 Å². The Balaban J connectivity index is 2.37. The van der Waals surface area contributed by atoms with Gasteiger partial charge in [0.1, 0.15) is 11.5 Å². The van der Waals surface area contributed by atoms with Gasteiger partial charge in [0, 0.05) is 0 Å². The summed E-state index contributed by atoms with van der Waals surface area (Å²) in [7, 11) is 0. The lowest BCUT2D eigenvalue weighted by Crippen LogP contribution is -2.41. The lowest BCUT2D eigenvalue weighted by molar-refractivity contribution is -0.123. The van der Waals surface area contributed by atoms with Crippen molar-refractivity contribution in [3.8, 4) is 5.75 Å². The predicted molar refractivity (Wildman–Crippen MR) is 60.9 cm³/mol. The number of hydrogen-bond acceptors (Lipinski definition) is 4. The van der Waals surface area contributed by atoms with Gasteiger partial charge in [-0.3, -0.25) is 14.5 Å². The third-order valence-electron chi connectivity index (χ3n) is 2.53. The number of aliphatic hydroxyl groups is 1. The first-order chi connectivity index (χ1) is 8.11. The van der Waals surface area contributed by atoms with Crippen LogP contribution in [0.2, 0.25) is 0 Å². The summed E-state index contributed by atoms with van der Waals surface area (Å²) >= 11 is 0. The van der Waals surface area contributed by atoms with Gasteiger partial charge >= 0.3 is 0 Å². The molecule has 1 aromatic carbocycles. The molecule has 90 valence electrons. The number of ether oxygens (including phenoxy) is 1. The van der Waals surface area contributed by atoms with E-state index in [9.17, 15) is 9.59 Å². The molecule has 0 saturated carbocycles. The minimum atomic E-state index is -0.232. The molecular weight excluding hydrogens is 222 g/mol. The molecule has 1 heterocycles. The monoisotopic (exact) mass is 235 g/mol. The average molecular weight is 235 g/mol. The van der Waals surface area contributed by atoms with Crippen molar-refractivity contribution in [3.63, 3.8) is 0 Å². The second-order valence-corrected chi connectivity index (χ2v) is 3.93. The van der Waals surface area contributed by atoms with Gasteiger partial charge in [-0.2, -0.15) is 0 Å². The zero-order chi connectivity index (χ0) is 12.4. The summed E-state index contributed by atoms with van der Waals surface area (Å²) in [4.78, 5) is 24.2. The van der Waals surface area contributed by atoms with Gasteiger partial charge in [0.15, 0.2) is 6.61 Å². The Morgan fingerprint density at radius 3 is 2.94 bits per heavy atom. The van der Waals surface area contributed by atoms with Crippen LogP contribution in [0.1, 0.15) is 12.5 Å². The van der Waals surface area contributed by atoms with Gasteiger partial charge in [0.2, 0.25) is 0 Å². The van der Waals surface area contributed by atoms with Crippen LogP contribution in [-0.2, 0) is 16.2 Å². The van der Waals surface area contributed by atoms with Crippen LogP contribution in [0.5, 0.6) is 5.75 Å². The number of ketones is 1. The van der Waals surface area contributed by atoms with E-state index in [1.807, 2.05) is 0 Å². The minimum Gasteiger partial charge on any atom is -0.482 e. The lowest BCUT2D eigenvalue weighted by atomic mass is 10.1. The van der Waals surface area contributed by atoms with E-state index in [2.05, 4.69) is 0 Å². The Morgan fingerprint density at radius 1 is 1.53 bits per heavy atom. The Labute approximate surface area is 98.6 Å². The van der Waals surface area contributed by atoms with Crippen molar-refractivity contribution < 1.29 is 19.4 Å². The number of rotatable bonds is 3. The van der Waals surface area contributed by atoms with E-state index in [0.717, 1.165) is 0 Å². The number of Topliss-reactive ketones (excluding diaryl/α,β-unsaturated/α-hetero) is 1. The molecule has 1 aliphatic heterocycles. The van der Waals surface area contributed by atoms with Crippen molar-refractivity contribution in [2.45, 2.75) is 13.5 Å². The van der Waals surface area contributed by atoms with Gasteiger partial charge in [-0.15, -0.1) is 0 Å². The van der Waals surface area contributed by atoms with E-state index in [4.69, 9.17) is 9.84 Å². The minimum absolute atomic E-state index is 0.0493. The molecule has 2 rings (SSSR count). The van der Waals surface area contributed by atoms with Gasteiger partial charge in [-0.1, -0.05) is 6.07 Å². The van der Waals surface area contributed by atoms with E-state index in [1.54, 1.807) is 18.2 Å². The van der Waals surface area contributed by atoms with E-state index < -0.39 is 0 Å². The number of amides is 1. The first-order valence-electron chi connectivity index (χ1n) is 5.28. The van der Waals surface area contributed by atoms with Gasteiger partial charge in [0.25, 0.3) is 5.91 Å². The Morgan fingerprint density at radius 2 is 2.29 bits per heavy atom. The van der Waals surface area contributed by atoms with E-state index >= 15 is 0 Å². The van der Waals surface area contributed by atoms with E-state index in [-0.39, 0.29) is 31.4 Å². The molecule has 0 unspecified atom stereocenters. The molecule has 0 atom stereocenters. The molecule has 1 aliphatic rings. The molecule has 5 heteroatoms. The zero-order valence-electron chi connectivity index (χ0n) is 9.47. The summed E-state index contributed by atoms with van der Waals surface area (Å²) in [5, 5.41) is 9.01. The summed E-state index contributed by atoms with van der Waals surface area (Å²) in [5.41, 5.74) is 1.29. The van der Waals surface area contributed by atoms with Crippen molar-refractivity contribution in [2.75, 3.05) is 18.1 Å². The van der Waals surface area contributed by atoms with Crippen LogP contribution in [0.15, 0.2) is 18.2 Å². The fourth-order valence-electron chi connectivity index (χ4n) is 1.74. The molecule has 0 bridgehead atoms. The molecule has 5 nitrogen and oxygen atoms in total. The second kappa shape index (κ2) is 4.55. The molecule has 1 aromatic rings. The summed E-state index contributed by atoms with van der Waals surface area (Å²) in [6, 6.07) is 5.06. The highest BCUT2D eigenvalue weighted by atomic mass is 16.5. The molecule has 0 aromatic heterocycles. The molecule has 1 N–H and O–H groups in total. The van der Waals surface area contributed by atoms with Crippen LogP contribution in [0, 0.1) is 0 Å². The topological polar surface area (TPSA) is 66.8 Å². The van der Waals surface area contributed by atoms with Crippen molar-refractivity contribution in [3.05, 3.63) is 23.8 Å². The molecule has 1 amide bonds. The summed E-state index contributed by atoms with van der Waals surface area (Å²) < 4.78 is 5.28. The van der Waals surface area contributed by atoms with Gasteiger partial charge in [-0.25, -0.2) is 0 Å². The van der Waals surface area contributed by atoms with Crippen LogP contribution in [0.4, 0.5) is 5.69 Å². The summed E-state index contributed by atoms with van der Waals surface area (Å²) in [5.74, 6) is 0.208. The van der Waals surface area contributed by atoms with Crippen molar-refractivity contribution in [1.82, 2.24) is 0 Å². The maximum absolute atomic E-state index is 11.6. The van der Waals surface area contributed by atoms with E-state index in [1.165, 1.54) is 11.8 Å². The lowest BCUT2D eigenvalue weighted by Gasteiger charge is -2.28. The largest absolute Gasteiger partial charge is 0.482 e. The number of carbonyl (C=O) groups is 2. The third-order valence-corrected chi connectivity index (χ3v) is 2.53. The SMILES string of the molecule is CC(=O)CN1C(=O)COc2cc(CO)ccc21. The predicted octanol–water partition coefficient (Wildman–Crippen LogP) is 0.493. The number of hydrogen-bond donors (Lipinski definition) is 1. The van der Waals surface area contributed by atoms with Crippen LogP contribution < -0.4 is 9.64 Å². The molecule has 0 saturated heterocycles. The molecule has 0 spiro atoms. The number of fused-ring (bicyclic) bond motifs is 1. The zero-order valence-corrected chi connectivity index (χ0v) is 9.47. The highest BCUT2D eigenvalue weighted by Crippen LogP contribution is 2.32. The van der Waals surface area contributed by atoms with Crippen molar-refractivity contribution >= 4 is 17.4 Å². The Kier molecular flexibility index (Phi) is 3.10. The summed E-state index contributed by atoms with van der Waals surface area (Å²) in [6.07, 6.45) is 0. The Bertz CT molecular complexity index is 470. The van der Waals surface area contributed by atoms with E-state index in [0.29, 0.717) is 17.0 Å². The highest BCUT2D eigenvalue weighted by molar-refractivity contribution is 6.02. The van der Waals surface area contributed by atoms with Crippen LogP contribution >= 0.6 is 0 Å². The standard InChI is InChI=1S/C12H13NO4/c1-8(15)5-13-10-3-2-9(6-14)4-11(10)17-7-12(13)16/h2-4,14H,5-7H2,1H3. The molecule has 0 aliphatic carbocycles. The number of nitrogens with zero attached hydrogens (tertiary/aromatic N) is 1. The number of aliphatic hydroxyl groups excluding tert-OH is 1. The van der Waals surface area contributed by atoms with Gasteiger partial charge < -0.3 is 9.84 Å². The first-order valence-corrected chi connectivity index (χ1v) is 5.28. The molecule has 0 fully saturated rings. The maximum Gasteiger partial charge on any atom is 0.265 e. The van der Waals surface area contributed by atoms with Crippen LogP contribution in [0.25, 0.3) is 0 Å². The first kappa shape index (κ1) is 11.6. The number of carbonyl (C=O) groups excluding carboxylic acids is 2. The maximum atomic E-state index is 11.6.